The summed E-state index contributed by atoms with van der Waals surface area (Å²) in [4.78, 5) is 11.9. The molecule has 3 nitrogen and oxygen atoms in total. The second-order valence-corrected chi connectivity index (χ2v) is 6.95. The Bertz CT molecular complexity index is 798. The third kappa shape index (κ3) is 2.86. The Labute approximate surface area is 138 Å². The smallest absolute Gasteiger partial charge is 0.287 e. The molecule has 1 aliphatic rings. The van der Waals surface area contributed by atoms with E-state index < -0.39 is 23.5 Å². The lowest BCUT2D eigenvalue weighted by Gasteiger charge is -2.30. The van der Waals surface area contributed by atoms with Gasteiger partial charge in [0.25, 0.3) is 0 Å². The van der Waals surface area contributed by atoms with E-state index in [1.165, 1.54) is 6.07 Å². The number of nitrogens with one attached hydrogen (secondary N) is 1. The zero-order valence-corrected chi connectivity index (χ0v) is 13.7. The fourth-order valence-corrected chi connectivity index (χ4v) is 3.15. The molecule has 0 bridgehead atoms. The predicted octanol–water partition coefficient (Wildman–Crippen LogP) is 4.12. The number of nitrogens with zero attached hydrogens (tertiary/aromatic N) is 1. The molecule has 0 unspecified atom stereocenters. The number of benzene rings is 2. The van der Waals surface area contributed by atoms with Gasteiger partial charge in [-0.05, 0) is 48.7 Å². The van der Waals surface area contributed by atoms with Crippen molar-refractivity contribution in [3.63, 3.8) is 0 Å². The Morgan fingerprint density at radius 1 is 1.21 bits per heavy atom. The molecule has 1 heterocycles. The van der Waals surface area contributed by atoms with Crippen LogP contribution in [0.15, 0.2) is 36.4 Å². The summed E-state index contributed by atoms with van der Waals surface area (Å²) in [6.07, 6.45) is -4.49. The van der Waals surface area contributed by atoms with Crippen LogP contribution in [0, 0.1) is 12.3 Å². The molecule has 0 aromatic heterocycles. The minimum atomic E-state index is -4.49. The largest absolute Gasteiger partial charge is 0.409 e. The number of carbonyl (C=O) groups excluding carboxylic acids is 1. The minimum Gasteiger partial charge on any atom is -0.287 e. The lowest BCUT2D eigenvalue weighted by molar-refractivity contribution is -0.191. The van der Waals surface area contributed by atoms with Crippen LogP contribution in [0.3, 0.4) is 0 Å². The van der Waals surface area contributed by atoms with Crippen LogP contribution in [0.2, 0.25) is 0 Å². The summed E-state index contributed by atoms with van der Waals surface area (Å²) >= 11 is 0. The molecular formula is C18H19F3N2O. The van der Waals surface area contributed by atoms with Gasteiger partial charge in [0, 0.05) is 6.54 Å². The third-order valence-electron chi connectivity index (χ3n) is 4.49. The van der Waals surface area contributed by atoms with Gasteiger partial charge in [-0.2, -0.15) is 13.2 Å². The fourth-order valence-electron chi connectivity index (χ4n) is 3.15. The first kappa shape index (κ1) is 16.8. The topological polar surface area (TPSA) is 32.3 Å². The maximum Gasteiger partial charge on any atom is 0.409 e. The summed E-state index contributed by atoms with van der Waals surface area (Å²) in [5.74, 6) is -0.395. The third-order valence-corrected chi connectivity index (χ3v) is 4.49. The number of carbonyl (C=O) groups is 1. The van der Waals surface area contributed by atoms with Gasteiger partial charge in [-0.1, -0.05) is 30.3 Å². The van der Waals surface area contributed by atoms with Crippen molar-refractivity contribution >= 4 is 16.7 Å². The van der Waals surface area contributed by atoms with Crippen LogP contribution >= 0.6 is 0 Å². The second-order valence-electron chi connectivity index (χ2n) is 6.95. The number of aryl methyl sites for hydroxylation is 1. The first-order valence-corrected chi connectivity index (χ1v) is 7.73. The van der Waals surface area contributed by atoms with Crippen molar-refractivity contribution < 1.29 is 18.0 Å². The highest BCUT2D eigenvalue weighted by atomic mass is 19.4. The van der Waals surface area contributed by atoms with Crippen molar-refractivity contribution in [3.8, 4) is 0 Å². The van der Waals surface area contributed by atoms with Gasteiger partial charge in [0.05, 0.1) is 5.41 Å². The van der Waals surface area contributed by atoms with E-state index in [2.05, 4.69) is 5.43 Å². The number of alkyl halides is 3. The molecule has 0 radical (unpaired) electrons. The number of hydrogen-bond acceptors (Lipinski definition) is 2. The number of fused-ring (bicyclic) bond motifs is 1. The molecule has 1 fully saturated rings. The van der Waals surface area contributed by atoms with E-state index in [0.717, 1.165) is 21.3 Å². The van der Waals surface area contributed by atoms with Gasteiger partial charge >= 0.3 is 6.18 Å². The van der Waals surface area contributed by atoms with Crippen LogP contribution in [-0.4, -0.2) is 23.6 Å². The van der Waals surface area contributed by atoms with Gasteiger partial charge in [0.2, 0.25) is 5.91 Å². The van der Waals surface area contributed by atoms with E-state index in [1.54, 1.807) is 32.0 Å². The van der Waals surface area contributed by atoms with E-state index in [4.69, 9.17) is 0 Å². The molecule has 1 amide bonds. The van der Waals surface area contributed by atoms with Crippen molar-refractivity contribution in [1.82, 2.24) is 10.4 Å². The van der Waals surface area contributed by atoms with E-state index in [0.29, 0.717) is 0 Å². The molecule has 128 valence electrons. The van der Waals surface area contributed by atoms with Crippen LogP contribution < -0.4 is 5.43 Å². The summed E-state index contributed by atoms with van der Waals surface area (Å²) in [5, 5.41) is 2.68. The van der Waals surface area contributed by atoms with Gasteiger partial charge in [0.15, 0.2) is 0 Å². The SMILES string of the molecule is Cc1cccc2cc([C@H](N3CC(C)(C)C(=O)N3)C(F)(F)F)ccc12. The Balaban J connectivity index is 2.06. The van der Waals surface area contributed by atoms with Crippen LogP contribution in [0.5, 0.6) is 0 Å². The number of hydrazine groups is 1. The maximum atomic E-state index is 13.7. The van der Waals surface area contributed by atoms with Gasteiger partial charge in [-0.25, -0.2) is 5.01 Å². The van der Waals surface area contributed by atoms with Crippen LogP contribution in [0.4, 0.5) is 13.2 Å². The van der Waals surface area contributed by atoms with E-state index in [1.807, 2.05) is 19.1 Å². The highest BCUT2D eigenvalue weighted by molar-refractivity contribution is 5.86. The summed E-state index contributed by atoms with van der Waals surface area (Å²) in [6.45, 7) is 5.20. The first-order chi connectivity index (χ1) is 11.1. The Morgan fingerprint density at radius 3 is 2.50 bits per heavy atom. The fraction of sp³-hybridized carbons (Fsp3) is 0.389. The van der Waals surface area contributed by atoms with Crippen molar-refractivity contribution in [3.05, 3.63) is 47.5 Å². The quantitative estimate of drug-likeness (QED) is 0.894. The van der Waals surface area contributed by atoms with Gasteiger partial charge in [-0.3, -0.25) is 10.2 Å². The van der Waals surface area contributed by atoms with E-state index in [9.17, 15) is 18.0 Å². The van der Waals surface area contributed by atoms with Gasteiger partial charge in [-0.15, -0.1) is 0 Å². The van der Waals surface area contributed by atoms with Crippen molar-refractivity contribution in [2.45, 2.75) is 33.0 Å². The molecule has 0 spiro atoms. The van der Waals surface area contributed by atoms with E-state index >= 15 is 0 Å². The average molecular weight is 336 g/mol. The molecule has 2 aromatic rings. The number of rotatable bonds is 2. The van der Waals surface area contributed by atoms with Crippen LogP contribution in [0.1, 0.15) is 31.0 Å². The summed E-state index contributed by atoms with van der Waals surface area (Å²) in [7, 11) is 0. The average Bonchev–Trinajstić information content (AvgIpc) is 2.71. The van der Waals surface area contributed by atoms with Crippen molar-refractivity contribution in [1.29, 1.82) is 0 Å². The monoisotopic (exact) mass is 336 g/mol. The number of amides is 1. The molecule has 0 aliphatic carbocycles. The lowest BCUT2D eigenvalue weighted by Crippen LogP contribution is -2.43. The minimum absolute atomic E-state index is 0.00185. The highest BCUT2D eigenvalue weighted by Gasteiger charge is 2.51. The zero-order valence-electron chi connectivity index (χ0n) is 13.7. The van der Waals surface area contributed by atoms with Gasteiger partial charge in [0.1, 0.15) is 6.04 Å². The Kier molecular flexibility index (Phi) is 3.83. The molecule has 3 rings (SSSR count). The van der Waals surface area contributed by atoms with Crippen molar-refractivity contribution in [2.75, 3.05) is 6.54 Å². The Morgan fingerprint density at radius 2 is 1.92 bits per heavy atom. The van der Waals surface area contributed by atoms with Crippen molar-refractivity contribution in [2.24, 2.45) is 5.41 Å². The van der Waals surface area contributed by atoms with E-state index in [-0.39, 0.29) is 12.1 Å². The lowest BCUT2D eigenvalue weighted by atomic mass is 9.93. The van der Waals surface area contributed by atoms with Gasteiger partial charge < -0.3 is 0 Å². The van der Waals surface area contributed by atoms with Crippen LogP contribution in [0.25, 0.3) is 10.8 Å². The molecule has 6 heteroatoms. The van der Waals surface area contributed by atoms with Crippen LogP contribution in [-0.2, 0) is 4.79 Å². The maximum absolute atomic E-state index is 13.7. The number of hydrogen-bond donors (Lipinski definition) is 1. The predicted molar refractivity (Wildman–Crippen MR) is 86.1 cm³/mol. The molecule has 24 heavy (non-hydrogen) atoms. The first-order valence-electron chi connectivity index (χ1n) is 7.73. The normalized spacial score (nSPS) is 19.5. The molecule has 1 saturated heterocycles. The molecule has 2 aromatic carbocycles. The second kappa shape index (κ2) is 5.48. The summed E-state index contributed by atoms with van der Waals surface area (Å²) in [5.41, 5.74) is 2.67. The molecular weight excluding hydrogens is 317 g/mol. The Hall–Kier alpha value is -2.08. The molecule has 1 N–H and O–H groups in total. The molecule has 0 saturated carbocycles. The summed E-state index contributed by atoms with van der Waals surface area (Å²) in [6, 6.07) is 8.43. The number of halogens is 3. The standard InChI is InChI=1S/C18H19F3N2O/c1-11-5-4-6-12-9-13(7-8-14(11)12)15(18(19,20)21)23-10-17(2,3)16(24)22-23/h4-9,15H,10H2,1-3H3,(H,22,24)/t15-/m0/s1. The highest BCUT2D eigenvalue weighted by Crippen LogP contribution is 2.41. The zero-order chi connectivity index (χ0) is 17.7. The summed E-state index contributed by atoms with van der Waals surface area (Å²) < 4.78 is 41.2. The molecule has 1 aliphatic heterocycles. The molecule has 1 atom stereocenters.